The van der Waals surface area contributed by atoms with Gasteiger partial charge in [-0.2, -0.15) is 0 Å². The Morgan fingerprint density at radius 3 is 2.76 bits per heavy atom. The van der Waals surface area contributed by atoms with E-state index in [1.165, 1.54) is 12.5 Å². The zero-order valence-corrected chi connectivity index (χ0v) is 10.2. The molecule has 0 amide bonds. The molecule has 0 aliphatic carbocycles. The van der Waals surface area contributed by atoms with Crippen molar-refractivity contribution in [3.8, 4) is 0 Å². The molecule has 0 bridgehead atoms. The molecule has 0 aliphatic heterocycles. The Bertz CT molecular complexity index is 543. The third kappa shape index (κ3) is 2.81. The number of nitrogens with zero attached hydrogens (tertiary/aromatic N) is 2. The van der Waals surface area contributed by atoms with Crippen LogP contribution in [0, 0.1) is 0 Å². The number of benzene rings is 1. The van der Waals surface area contributed by atoms with Crippen LogP contribution in [-0.4, -0.2) is 15.8 Å². The molecular formula is C12H8Cl2N2O. The summed E-state index contributed by atoms with van der Waals surface area (Å²) < 4.78 is 0. The standard InChI is InChI=1S/C12H8Cl2N2O/c13-9-3-1-2-8(12(9)14)6-11(17)10-4-5-15-7-16-10/h1-5,7H,6H2. The van der Waals surface area contributed by atoms with Gasteiger partial charge in [-0.3, -0.25) is 4.79 Å². The van der Waals surface area contributed by atoms with E-state index in [9.17, 15) is 4.79 Å². The van der Waals surface area contributed by atoms with Gasteiger partial charge in [0.05, 0.1) is 10.0 Å². The van der Waals surface area contributed by atoms with Crippen LogP contribution in [0.3, 0.4) is 0 Å². The average Bonchev–Trinajstić information content (AvgIpc) is 2.36. The summed E-state index contributed by atoms with van der Waals surface area (Å²) in [5, 5.41) is 0.858. The van der Waals surface area contributed by atoms with Gasteiger partial charge in [0.25, 0.3) is 0 Å². The van der Waals surface area contributed by atoms with Crippen LogP contribution in [0.1, 0.15) is 16.1 Å². The molecule has 0 saturated heterocycles. The second-order valence-electron chi connectivity index (χ2n) is 3.41. The van der Waals surface area contributed by atoms with Crippen LogP contribution in [-0.2, 0) is 6.42 Å². The number of carbonyl (C=O) groups excluding carboxylic acids is 1. The van der Waals surface area contributed by atoms with Crippen molar-refractivity contribution in [3.63, 3.8) is 0 Å². The highest BCUT2D eigenvalue weighted by Crippen LogP contribution is 2.26. The largest absolute Gasteiger partial charge is 0.292 e. The molecule has 1 aromatic carbocycles. The molecule has 0 fully saturated rings. The normalized spacial score (nSPS) is 10.2. The number of aromatic nitrogens is 2. The number of Topliss-reactive ketones (excluding diaryl/α,β-unsaturated/α-hetero) is 1. The van der Waals surface area contributed by atoms with Gasteiger partial charge in [-0.25, -0.2) is 9.97 Å². The summed E-state index contributed by atoms with van der Waals surface area (Å²) in [6.45, 7) is 0. The second kappa shape index (κ2) is 5.25. The SMILES string of the molecule is O=C(Cc1cccc(Cl)c1Cl)c1ccncn1. The number of hydrogen-bond acceptors (Lipinski definition) is 3. The number of halogens is 2. The lowest BCUT2D eigenvalue weighted by molar-refractivity contribution is 0.0988. The summed E-state index contributed by atoms with van der Waals surface area (Å²) in [6.07, 6.45) is 3.04. The third-order valence-electron chi connectivity index (χ3n) is 2.25. The highest BCUT2D eigenvalue weighted by Gasteiger charge is 2.11. The van der Waals surface area contributed by atoms with Crippen molar-refractivity contribution < 1.29 is 4.79 Å². The van der Waals surface area contributed by atoms with E-state index in [1.807, 2.05) is 0 Å². The highest BCUT2D eigenvalue weighted by atomic mass is 35.5. The molecule has 86 valence electrons. The van der Waals surface area contributed by atoms with Crippen molar-refractivity contribution in [2.24, 2.45) is 0 Å². The quantitative estimate of drug-likeness (QED) is 0.802. The van der Waals surface area contributed by atoms with Gasteiger partial charge in [0, 0.05) is 12.6 Å². The van der Waals surface area contributed by atoms with Gasteiger partial charge in [-0.1, -0.05) is 35.3 Å². The molecule has 1 heterocycles. The van der Waals surface area contributed by atoms with Gasteiger partial charge in [0.2, 0.25) is 0 Å². The zero-order chi connectivity index (χ0) is 12.3. The fraction of sp³-hybridized carbons (Fsp3) is 0.0833. The fourth-order valence-corrected chi connectivity index (χ4v) is 1.79. The van der Waals surface area contributed by atoms with Crippen LogP contribution in [0.5, 0.6) is 0 Å². The predicted octanol–water partition coefficient (Wildman–Crippen LogP) is 3.21. The molecule has 0 saturated carbocycles. The Hall–Kier alpha value is -1.45. The molecule has 0 atom stereocenters. The lowest BCUT2D eigenvalue weighted by atomic mass is 10.1. The molecule has 17 heavy (non-hydrogen) atoms. The van der Waals surface area contributed by atoms with Gasteiger partial charge in [0.15, 0.2) is 5.78 Å². The Morgan fingerprint density at radius 1 is 1.24 bits per heavy atom. The summed E-state index contributed by atoms with van der Waals surface area (Å²) in [4.78, 5) is 19.5. The van der Waals surface area contributed by atoms with E-state index in [4.69, 9.17) is 23.2 Å². The van der Waals surface area contributed by atoms with Crippen LogP contribution >= 0.6 is 23.2 Å². The molecule has 2 rings (SSSR count). The van der Waals surface area contributed by atoms with Gasteiger partial charge in [0.1, 0.15) is 12.0 Å². The van der Waals surface area contributed by atoms with E-state index in [0.717, 1.165) is 0 Å². The molecule has 0 unspecified atom stereocenters. The van der Waals surface area contributed by atoms with Gasteiger partial charge >= 0.3 is 0 Å². The molecule has 3 nitrogen and oxygen atoms in total. The minimum atomic E-state index is -0.114. The molecule has 0 N–H and O–H groups in total. The Kier molecular flexibility index (Phi) is 3.71. The first-order chi connectivity index (χ1) is 8.18. The smallest absolute Gasteiger partial charge is 0.185 e. The van der Waals surface area contributed by atoms with E-state index >= 15 is 0 Å². The first-order valence-corrected chi connectivity index (χ1v) is 5.66. The number of carbonyl (C=O) groups is 1. The molecule has 0 radical (unpaired) electrons. The first kappa shape index (κ1) is 12.0. The minimum absolute atomic E-state index is 0.114. The van der Waals surface area contributed by atoms with E-state index in [2.05, 4.69) is 9.97 Å². The summed E-state index contributed by atoms with van der Waals surface area (Å²) >= 11 is 11.9. The van der Waals surface area contributed by atoms with Crippen molar-refractivity contribution in [2.75, 3.05) is 0 Å². The first-order valence-electron chi connectivity index (χ1n) is 4.90. The van der Waals surface area contributed by atoms with Crippen LogP contribution in [0.25, 0.3) is 0 Å². The van der Waals surface area contributed by atoms with Gasteiger partial charge in [-0.05, 0) is 17.7 Å². The maximum atomic E-state index is 11.9. The van der Waals surface area contributed by atoms with Crippen molar-refractivity contribution in [1.82, 2.24) is 9.97 Å². The number of rotatable bonds is 3. The zero-order valence-electron chi connectivity index (χ0n) is 8.73. The number of hydrogen-bond donors (Lipinski definition) is 0. The fourth-order valence-electron chi connectivity index (χ4n) is 1.40. The topological polar surface area (TPSA) is 42.9 Å². The lowest BCUT2D eigenvalue weighted by Gasteiger charge is -2.04. The average molecular weight is 267 g/mol. The molecule has 0 spiro atoms. The highest BCUT2D eigenvalue weighted by molar-refractivity contribution is 6.42. The lowest BCUT2D eigenvalue weighted by Crippen LogP contribution is -2.06. The van der Waals surface area contributed by atoms with Crippen LogP contribution in [0.2, 0.25) is 10.0 Å². The van der Waals surface area contributed by atoms with Crippen LogP contribution < -0.4 is 0 Å². The van der Waals surface area contributed by atoms with Crippen molar-refractivity contribution in [1.29, 1.82) is 0 Å². The van der Waals surface area contributed by atoms with Gasteiger partial charge in [-0.15, -0.1) is 0 Å². The Balaban J connectivity index is 2.22. The summed E-state index contributed by atoms with van der Waals surface area (Å²) in [6, 6.07) is 6.79. The van der Waals surface area contributed by atoms with E-state index in [1.54, 1.807) is 24.3 Å². The third-order valence-corrected chi connectivity index (χ3v) is 3.11. The molecular weight excluding hydrogens is 259 g/mol. The predicted molar refractivity (Wildman–Crippen MR) is 66.5 cm³/mol. The van der Waals surface area contributed by atoms with Crippen molar-refractivity contribution in [3.05, 3.63) is 58.1 Å². The van der Waals surface area contributed by atoms with Crippen molar-refractivity contribution >= 4 is 29.0 Å². The minimum Gasteiger partial charge on any atom is -0.292 e. The molecule has 1 aromatic heterocycles. The van der Waals surface area contributed by atoms with E-state index in [-0.39, 0.29) is 12.2 Å². The molecule has 5 heteroatoms. The van der Waals surface area contributed by atoms with Crippen LogP contribution in [0.4, 0.5) is 0 Å². The van der Waals surface area contributed by atoms with Crippen molar-refractivity contribution in [2.45, 2.75) is 6.42 Å². The Morgan fingerprint density at radius 2 is 2.06 bits per heavy atom. The summed E-state index contributed by atoms with van der Waals surface area (Å²) in [5.74, 6) is -0.114. The maximum Gasteiger partial charge on any atom is 0.185 e. The van der Waals surface area contributed by atoms with E-state index < -0.39 is 0 Å². The second-order valence-corrected chi connectivity index (χ2v) is 4.19. The molecule has 0 aliphatic rings. The van der Waals surface area contributed by atoms with Crippen LogP contribution in [0.15, 0.2) is 36.8 Å². The Labute approximate surface area is 108 Å². The van der Waals surface area contributed by atoms with E-state index in [0.29, 0.717) is 21.3 Å². The maximum absolute atomic E-state index is 11.9. The summed E-state index contributed by atoms with van der Waals surface area (Å²) in [7, 11) is 0. The number of ketones is 1. The van der Waals surface area contributed by atoms with Gasteiger partial charge < -0.3 is 0 Å². The summed E-state index contributed by atoms with van der Waals surface area (Å²) in [5.41, 5.74) is 1.07. The molecule has 2 aromatic rings. The monoisotopic (exact) mass is 266 g/mol.